The largest absolute Gasteiger partial charge is 0.464 e. The lowest BCUT2D eigenvalue weighted by atomic mass is 10.2. The second-order valence-electron chi connectivity index (χ2n) is 3.64. The fraction of sp³-hybridized carbons (Fsp3) is 0.600. The maximum absolute atomic E-state index is 11.2. The van der Waals surface area contributed by atoms with Gasteiger partial charge in [-0.3, -0.25) is 0 Å². The van der Waals surface area contributed by atoms with E-state index in [1.165, 1.54) is 18.4 Å². The lowest BCUT2D eigenvalue weighted by Gasteiger charge is -2.21. The van der Waals surface area contributed by atoms with Gasteiger partial charge in [-0.25, -0.2) is 9.78 Å². The molecule has 0 saturated carbocycles. The fourth-order valence-electron chi connectivity index (χ4n) is 1.61. The van der Waals surface area contributed by atoms with Gasteiger partial charge in [-0.1, -0.05) is 0 Å². The third-order valence-corrected chi connectivity index (χ3v) is 3.57. The normalized spacial score (nSPS) is 19.8. The highest BCUT2D eigenvalue weighted by Gasteiger charge is 2.23. The van der Waals surface area contributed by atoms with Gasteiger partial charge in [0, 0.05) is 19.0 Å². The van der Waals surface area contributed by atoms with Crippen LogP contribution in [0.2, 0.25) is 0 Å². The summed E-state index contributed by atoms with van der Waals surface area (Å²) in [6, 6.07) is 0.358. The molecule has 5 nitrogen and oxygen atoms in total. The summed E-state index contributed by atoms with van der Waals surface area (Å²) in [5.74, 6) is -0.390. The summed E-state index contributed by atoms with van der Waals surface area (Å²) in [6.45, 7) is 1.52. The molecule has 2 heterocycles. The van der Waals surface area contributed by atoms with Crippen molar-refractivity contribution in [1.29, 1.82) is 0 Å². The Kier molecular flexibility index (Phi) is 3.40. The molecule has 1 aromatic heterocycles. The smallest absolute Gasteiger partial charge is 0.357 e. The number of methoxy groups -OCH3 is 1. The van der Waals surface area contributed by atoms with Gasteiger partial charge in [0.15, 0.2) is 10.8 Å². The molecule has 6 heteroatoms. The molecule has 0 amide bonds. The molecule has 1 saturated heterocycles. The fourth-order valence-corrected chi connectivity index (χ4v) is 2.44. The number of carbonyl (C=O) groups is 1. The van der Waals surface area contributed by atoms with Gasteiger partial charge in [-0.15, -0.1) is 11.3 Å². The van der Waals surface area contributed by atoms with Crippen molar-refractivity contribution in [1.82, 2.24) is 4.98 Å². The van der Waals surface area contributed by atoms with Crippen LogP contribution in [-0.4, -0.2) is 44.4 Å². The first-order valence-corrected chi connectivity index (χ1v) is 5.94. The molecule has 0 radical (unpaired) electrons. The quantitative estimate of drug-likeness (QED) is 0.744. The summed E-state index contributed by atoms with van der Waals surface area (Å²) in [5.41, 5.74) is 0.369. The predicted octanol–water partition coefficient (Wildman–Crippen LogP) is 1.15. The van der Waals surface area contributed by atoms with E-state index in [0.29, 0.717) is 11.7 Å². The van der Waals surface area contributed by atoms with Crippen LogP contribution in [0.1, 0.15) is 16.9 Å². The van der Waals surface area contributed by atoms with E-state index in [9.17, 15) is 4.79 Å². The Morgan fingerprint density at radius 2 is 2.56 bits per heavy atom. The molecule has 2 rings (SSSR count). The minimum Gasteiger partial charge on any atom is -0.464 e. The van der Waals surface area contributed by atoms with Gasteiger partial charge in [0.1, 0.15) is 0 Å². The number of nitrogens with zero attached hydrogens (tertiary/aromatic N) is 2. The van der Waals surface area contributed by atoms with E-state index in [4.69, 9.17) is 4.74 Å². The molecule has 1 fully saturated rings. The first-order chi connectivity index (χ1) is 7.72. The van der Waals surface area contributed by atoms with Crippen LogP contribution in [0.4, 0.5) is 5.13 Å². The third kappa shape index (κ3) is 2.17. The standard InChI is InChI=1S/C10H14N2O3S/c1-12(7-3-4-15-5-7)10-11-8(6-16-10)9(13)14-2/h6-7H,3-5H2,1-2H3. The highest BCUT2D eigenvalue weighted by atomic mass is 32.1. The maximum atomic E-state index is 11.2. The van der Waals surface area contributed by atoms with Crippen molar-refractivity contribution >= 4 is 22.4 Å². The van der Waals surface area contributed by atoms with Crippen LogP contribution in [0.3, 0.4) is 0 Å². The topological polar surface area (TPSA) is 51.7 Å². The van der Waals surface area contributed by atoms with Crippen molar-refractivity contribution in [2.75, 3.05) is 32.3 Å². The monoisotopic (exact) mass is 242 g/mol. The second-order valence-corrected chi connectivity index (χ2v) is 4.47. The molecular weight excluding hydrogens is 228 g/mol. The van der Waals surface area contributed by atoms with E-state index in [0.717, 1.165) is 24.8 Å². The van der Waals surface area contributed by atoms with E-state index in [2.05, 4.69) is 14.6 Å². The first kappa shape index (κ1) is 11.3. The van der Waals surface area contributed by atoms with Gasteiger partial charge in [0.25, 0.3) is 0 Å². The van der Waals surface area contributed by atoms with E-state index >= 15 is 0 Å². The Morgan fingerprint density at radius 3 is 3.19 bits per heavy atom. The first-order valence-electron chi connectivity index (χ1n) is 5.07. The lowest BCUT2D eigenvalue weighted by Crippen LogP contribution is -2.31. The summed E-state index contributed by atoms with van der Waals surface area (Å²) in [7, 11) is 3.33. The lowest BCUT2D eigenvalue weighted by molar-refractivity contribution is 0.0595. The SMILES string of the molecule is COC(=O)c1csc(N(C)C2CCOC2)n1. The van der Waals surface area contributed by atoms with Crippen LogP contribution < -0.4 is 4.90 Å². The minimum atomic E-state index is -0.390. The molecular formula is C10H14N2O3S. The average molecular weight is 242 g/mol. The Bertz CT molecular complexity index is 374. The van der Waals surface area contributed by atoms with Crippen LogP contribution in [0.5, 0.6) is 0 Å². The number of thiazole rings is 1. The summed E-state index contributed by atoms with van der Waals surface area (Å²) in [5, 5.41) is 2.55. The Hall–Kier alpha value is -1.14. The zero-order valence-electron chi connectivity index (χ0n) is 9.30. The van der Waals surface area contributed by atoms with E-state index in [1.54, 1.807) is 5.38 Å². The molecule has 1 aliphatic rings. The van der Waals surface area contributed by atoms with Crippen LogP contribution in [0, 0.1) is 0 Å². The van der Waals surface area contributed by atoms with Gasteiger partial charge in [0.2, 0.25) is 0 Å². The Balaban J connectivity index is 2.08. The second kappa shape index (κ2) is 4.80. The van der Waals surface area contributed by atoms with Crippen molar-refractivity contribution in [3.8, 4) is 0 Å². The van der Waals surface area contributed by atoms with E-state index in [-0.39, 0.29) is 0 Å². The number of aromatic nitrogens is 1. The molecule has 1 aromatic rings. The summed E-state index contributed by atoms with van der Waals surface area (Å²) >= 11 is 1.45. The number of ether oxygens (including phenoxy) is 2. The number of hydrogen-bond donors (Lipinski definition) is 0. The van der Waals surface area contributed by atoms with Crippen LogP contribution in [0.25, 0.3) is 0 Å². The minimum absolute atomic E-state index is 0.358. The van der Waals surface area contributed by atoms with Crippen molar-refractivity contribution in [2.24, 2.45) is 0 Å². The molecule has 1 atom stereocenters. The van der Waals surface area contributed by atoms with E-state index < -0.39 is 5.97 Å². The summed E-state index contributed by atoms with van der Waals surface area (Å²) in [4.78, 5) is 17.5. The van der Waals surface area contributed by atoms with Crippen LogP contribution in [0.15, 0.2) is 5.38 Å². The number of esters is 1. The van der Waals surface area contributed by atoms with Crippen LogP contribution >= 0.6 is 11.3 Å². The zero-order chi connectivity index (χ0) is 11.5. The molecule has 0 spiro atoms. The summed E-state index contributed by atoms with van der Waals surface area (Å²) in [6.07, 6.45) is 1.00. The number of hydrogen-bond acceptors (Lipinski definition) is 6. The van der Waals surface area contributed by atoms with Crippen molar-refractivity contribution in [2.45, 2.75) is 12.5 Å². The average Bonchev–Trinajstić information content (AvgIpc) is 2.97. The van der Waals surface area contributed by atoms with E-state index in [1.807, 2.05) is 7.05 Å². The van der Waals surface area contributed by atoms with Gasteiger partial charge >= 0.3 is 5.97 Å². The molecule has 0 aromatic carbocycles. The van der Waals surface area contributed by atoms with Crippen LogP contribution in [-0.2, 0) is 9.47 Å². The number of carbonyl (C=O) groups excluding carboxylic acids is 1. The predicted molar refractivity (Wildman–Crippen MR) is 61.1 cm³/mol. The van der Waals surface area contributed by atoms with Gasteiger partial charge in [-0.2, -0.15) is 0 Å². The number of likely N-dealkylation sites (N-methyl/N-ethyl adjacent to an activating group) is 1. The molecule has 1 unspecified atom stereocenters. The molecule has 16 heavy (non-hydrogen) atoms. The van der Waals surface area contributed by atoms with Gasteiger partial charge in [-0.05, 0) is 6.42 Å². The Morgan fingerprint density at radius 1 is 1.75 bits per heavy atom. The van der Waals surface area contributed by atoms with Crippen molar-refractivity contribution in [3.63, 3.8) is 0 Å². The highest BCUT2D eigenvalue weighted by molar-refractivity contribution is 7.13. The molecule has 1 aliphatic heterocycles. The summed E-state index contributed by atoms with van der Waals surface area (Å²) < 4.78 is 9.94. The van der Waals surface area contributed by atoms with Gasteiger partial charge in [0.05, 0.1) is 19.8 Å². The molecule has 0 bridgehead atoms. The molecule has 0 N–H and O–H groups in total. The third-order valence-electron chi connectivity index (χ3n) is 2.64. The van der Waals surface area contributed by atoms with Crippen molar-refractivity contribution in [3.05, 3.63) is 11.1 Å². The molecule has 0 aliphatic carbocycles. The molecule has 88 valence electrons. The number of rotatable bonds is 3. The zero-order valence-corrected chi connectivity index (χ0v) is 10.1. The van der Waals surface area contributed by atoms with Crippen molar-refractivity contribution < 1.29 is 14.3 Å². The Labute approximate surface area is 98.0 Å². The van der Waals surface area contributed by atoms with Gasteiger partial charge < -0.3 is 14.4 Å². The maximum Gasteiger partial charge on any atom is 0.357 e. The highest BCUT2D eigenvalue weighted by Crippen LogP contribution is 2.24. The number of anilines is 1.